The van der Waals surface area contributed by atoms with Gasteiger partial charge in [0.2, 0.25) is 5.91 Å². The molecule has 2 aromatic rings. The zero-order chi connectivity index (χ0) is 19.6. The van der Waals surface area contributed by atoms with Crippen LogP contribution in [0.2, 0.25) is 0 Å². The zero-order valence-electron chi connectivity index (χ0n) is 16.5. The third-order valence-corrected chi connectivity index (χ3v) is 5.26. The van der Waals surface area contributed by atoms with Gasteiger partial charge in [-0.15, -0.1) is 0 Å². The van der Waals surface area contributed by atoms with Crippen LogP contribution >= 0.6 is 0 Å². The minimum Gasteiger partial charge on any atom is -0.339 e. The Morgan fingerprint density at radius 2 is 1.96 bits per heavy atom. The number of aryl methyl sites for hydroxylation is 3. The Morgan fingerprint density at radius 3 is 2.52 bits per heavy atom. The van der Waals surface area contributed by atoms with E-state index in [0.717, 1.165) is 36.3 Å². The molecule has 1 saturated heterocycles. The van der Waals surface area contributed by atoms with Gasteiger partial charge in [0.25, 0.3) is 5.91 Å². The van der Waals surface area contributed by atoms with Crippen LogP contribution in [0.3, 0.4) is 0 Å². The maximum atomic E-state index is 12.9. The van der Waals surface area contributed by atoms with Crippen molar-refractivity contribution in [2.75, 3.05) is 18.4 Å². The highest BCUT2D eigenvalue weighted by molar-refractivity contribution is 5.96. The van der Waals surface area contributed by atoms with Crippen molar-refractivity contribution in [1.29, 1.82) is 0 Å². The van der Waals surface area contributed by atoms with Crippen LogP contribution in [-0.4, -0.2) is 49.4 Å². The van der Waals surface area contributed by atoms with Gasteiger partial charge in [-0.3, -0.25) is 19.0 Å². The molecule has 0 atom stereocenters. The van der Waals surface area contributed by atoms with Crippen molar-refractivity contribution in [1.82, 2.24) is 24.5 Å². The lowest BCUT2D eigenvalue weighted by molar-refractivity contribution is -0.117. The molecule has 8 nitrogen and oxygen atoms in total. The molecule has 0 aromatic carbocycles. The van der Waals surface area contributed by atoms with Crippen molar-refractivity contribution < 1.29 is 9.59 Å². The Bertz CT molecular complexity index is 829. The lowest BCUT2D eigenvalue weighted by atomic mass is 9.92. The summed E-state index contributed by atoms with van der Waals surface area (Å²) < 4.78 is 3.53. The second-order valence-electron chi connectivity index (χ2n) is 7.25. The van der Waals surface area contributed by atoms with Gasteiger partial charge in [0.05, 0.1) is 23.1 Å². The number of amides is 2. The fourth-order valence-corrected chi connectivity index (χ4v) is 3.77. The normalized spacial score (nSPS) is 15.2. The molecular weight excluding hydrogens is 344 g/mol. The van der Waals surface area contributed by atoms with Gasteiger partial charge < -0.3 is 10.2 Å². The van der Waals surface area contributed by atoms with Crippen molar-refractivity contribution >= 4 is 17.5 Å². The molecule has 0 radical (unpaired) electrons. The third-order valence-electron chi connectivity index (χ3n) is 5.26. The van der Waals surface area contributed by atoms with E-state index < -0.39 is 0 Å². The van der Waals surface area contributed by atoms with E-state index in [2.05, 4.69) is 15.5 Å². The number of nitrogens with one attached hydrogen (secondary N) is 1. The Balaban J connectivity index is 1.53. The molecule has 3 heterocycles. The first-order chi connectivity index (χ1) is 12.9. The van der Waals surface area contributed by atoms with Crippen molar-refractivity contribution in [3.05, 3.63) is 29.3 Å². The third kappa shape index (κ3) is 4.20. The highest BCUT2D eigenvalue weighted by Crippen LogP contribution is 2.24. The summed E-state index contributed by atoms with van der Waals surface area (Å²) in [6, 6.07) is 0. The first-order valence-corrected chi connectivity index (χ1v) is 9.50. The van der Waals surface area contributed by atoms with Crippen molar-refractivity contribution in [3.63, 3.8) is 0 Å². The van der Waals surface area contributed by atoms with Gasteiger partial charge in [0.15, 0.2) is 0 Å². The van der Waals surface area contributed by atoms with Crippen molar-refractivity contribution in [2.45, 2.75) is 46.6 Å². The maximum absolute atomic E-state index is 12.9. The quantitative estimate of drug-likeness (QED) is 0.871. The molecule has 146 valence electrons. The van der Waals surface area contributed by atoms with E-state index in [4.69, 9.17) is 0 Å². The first-order valence-electron chi connectivity index (χ1n) is 9.50. The van der Waals surface area contributed by atoms with E-state index >= 15 is 0 Å². The maximum Gasteiger partial charge on any atom is 0.257 e. The highest BCUT2D eigenvalue weighted by Gasteiger charge is 2.28. The molecule has 1 N–H and O–H groups in total. The van der Waals surface area contributed by atoms with Gasteiger partial charge in [0.1, 0.15) is 0 Å². The summed E-state index contributed by atoms with van der Waals surface area (Å²) >= 11 is 0. The minimum absolute atomic E-state index is 0.00341. The Kier molecular flexibility index (Phi) is 5.62. The summed E-state index contributed by atoms with van der Waals surface area (Å²) in [5, 5.41) is 11.4. The number of carbonyl (C=O) groups excluding carboxylic acids is 2. The van der Waals surface area contributed by atoms with Crippen LogP contribution in [0.25, 0.3) is 0 Å². The number of rotatable bonds is 5. The smallest absolute Gasteiger partial charge is 0.257 e. The molecule has 1 aliphatic rings. The van der Waals surface area contributed by atoms with Crippen molar-refractivity contribution in [3.8, 4) is 0 Å². The van der Waals surface area contributed by atoms with E-state index in [1.54, 1.807) is 17.1 Å². The number of piperidine rings is 1. The van der Waals surface area contributed by atoms with Crippen LogP contribution in [0.5, 0.6) is 0 Å². The molecule has 0 bridgehead atoms. The van der Waals surface area contributed by atoms with Crippen LogP contribution in [0.4, 0.5) is 5.69 Å². The second kappa shape index (κ2) is 7.94. The molecule has 0 spiro atoms. The molecule has 1 aliphatic heterocycles. The molecule has 27 heavy (non-hydrogen) atoms. The number of likely N-dealkylation sites (tertiary alicyclic amines) is 1. The molecule has 0 aliphatic carbocycles. The van der Waals surface area contributed by atoms with Gasteiger partial charge in [-0.1, -0.05) is 0 Å². The largest absolute Gasteiger partial charge is 0.339 e. The van der Waals surface area contributed by atoms with Crippen LogP contribution in [0.15, 0.2) is 12.4 Å². The lowest BCUT2D eigenvalue weighted by Crippen LogP contribution is -2.39. The average molecular weight is 372 g/mol. The molecule has 0 saturated carbocycles. The molecule has 2 amide bonds. The van der Waals surface area contributed by atoms with Gasteiger partial charge in [0, 0.05) is 45.0 Å². The summed E-state index contributed by atoms with van der Waals surface area (Å²) in [4.78, 5) is 27.0. The standard InChI is InChI=1S/C19H28N6O2/c1-5-25-14(3)18(13(2)22-25)19(27)24-8-6-15(7-9-24)10-17(26)21-16-11-20-23(4)12-16/h11-12,15H,5-10H2,1-4H3,(H,21,26). The minimum atomic E-state index is 0.00341. The highest BCUT2D eigenvalue weighted by atomic mass is 16.2. The monoisotopic (exact) mass is 372 g/mol. The van der Waals surface area contributed by atoms with Crippen LogP contribution in [-0.2, 0) is 18.4 Å². The predicted octanol–water partition coefficient (Wildman–Crippen LogP) is 2.13. The number of nitrogens with zero attached hydrogens (tertiary/aromatic N) is 5. The van der Waals surface area contributed by atoms with Gasteiger partial charge in [-0.25, -0.2) is 0 Å². The van der Waals surface area contributed by atoms with Gasteiger partial charge in [-0.2, -0.15) is 10.2 Å². The van der Waals surface area contributed by atoms with E-state index in [0.29, 0.717) is 31.1 Å². The molecule has 2 aromatic heterocycles. The summed E-state index contributed by atoms with van der Waals surface area (Å²) in [7, 11) is 1.82. The molecule has 3 rings (SSSR count). The Labute approximate surface area is 159 Å². The Morgan fingerprint density at radius 1 is 1.26 bits per heavy atom. The summed E-state index contributed by atoms with van der Waals surface area (Å²) in [5.41, 5.74) is 3.16. The second-order valence-corrected chi connectivity index (χ2v) is 7.25. The number of carbonyl (C=O) groups is 2. The predicted molar refractivity (Wildman–Crippen MR) is 102 cm³/mol. The van der Waals surface area contributed by atoms with E-state index in [-0.39, 0.29) is 11.8 Å². The summed E-state index contributed by atoms with van der Waals surface area (Å²) in [5.74, 6) is 0.359. The summed E-state index contributed by atoms with van der Waals surface area (Å²) in [6.45, 7) is 7.98. The van der Waals surface area contributed by atoms with E-state index in [9.17, 15) is 9.59 Å². The lowest BCUT2D eigenvalue weighted by Gasteiger charge is -2.31. The van der Waals surface area contributed by atoms with Crippen LogP contribution in [0.1, 0.15) is 47.9 Å². The zero-order valence-corrected chi connectivity index (χ0v) is 16.5. The molecule has 8 heteroatoms. The summed E-state index contributed by atoms with van der Waals surface area (Å²) in [6.07, 6.45) is 5.57. The molecule has 0 unspecified atom stereocenters. The van der Waals surface area contributed by atoms with Gasteiger partial charge >= 0.3 is 0 Å². The molecule has 1 fully saturated rings. The van der Waals surface area contributed by atoms with E-state index in [1.807, 2.05) is 37.4 Å². The van der Waals surface area contributed by atoms with Crippen LogP contribution < -0.4 is 5.32 Å². The van der Waals surface area contributed by atoms with E-state index in [1.165, 1.54) is 0 Å². The first kappa shape index (κ1) is 19.1. The fraction of sp³-hybridized carbons (Fsp3) is 0.579. The topological polar surface area (TPSA) is 85.1 Å². The Hall–Kier alpha value is -2.64. The average Bonchev–Trinajstić information content (AvgIpc) is 3.17. The molecular formula is C19H28N6O2. The van der Waals surface area contributed by atoms with Crippen LogP contribution in [0, 0.1) is 19.8 Å². The van der Waals surface area contributed by atoms with Gasteiger partial charge in [-0.05, 0) is 39.5 Å². The number of aromatic nitrogens is 4. The number of hydrogen-bond acceptors (Lipinski definition) is 4. The number of anilines is 1. The van der Waals surface area contributed by atoms with Crippen molar-refractivity contribution in [2.24, 2.45) is 13.0 Å². The fourth-order valence-electron chi connectivity index (χ4n) is 3.77. The SMILES string of the molecule is CCn1nc(C)c(C(=O)N2CCC(CC(=O)Nc3cnn(C)c3)CC2)c1C. The number of hydrogen-bond donors (Lipinski definition) is 1.